The van der Waals surface area contributed by atoms with Gasteiger partial charge in [-0.05, 0) is 77.0 Å². The van der Waals surface area contributed by atoms with Crippen molar-refractivity contribution in [2.24, 2.45) is 0 Å². The normalized spacial score (nSPS) is 13.3. The molecule has 0 saturated carbocycles. The average Bonchev–Trinajstić information content (AvgIpc) is 3.33. The minimum atomic E-state index is -0.796. The number of hydrogen-bond donors (Lipinski definition) is 3. The molecule has 0 radical (unpaired) electrons. The van der Waals surface area contributed by atoms with E-state index in [2.05, 4.69) is 62.5 Å². The first-order valence-corrected chi connectivity index (χ1v) is 30.2. The Kier molecular flexibility index (Phi) is 54.4. The van der Waals surface area contributed by atoms with Crippen molar-refractivity contribution in [3.8, 4) is 0 Å². The SMILES string of the molecule is CCCCCCCCC/C=C/C=C/CCCCCC(CC(=O)NC(CO)C(O)CCCCCCCCCCCCCCCCC)OC(=O)CCCCCCC/C=C/CCCCCCCCCCC. The molecule has 0 aliphatic carbocycles. The van der Waals surface area contributed by atoms with E-state index in [0.29, 0.717) is 19.3 Å². The van der Waals surface area contributed by atoms with Crippen LogP contribution in [0.4, 0.5) is 0 Å². The monoisotopic (exact) mass is 956 g/mol. The Morgan fingerprint density at radius 1 is 0.426 bits per heavy atom. The maximum atomic E-state index is 13.3. The summed E-state index contributed by atoms with van der Waals surface area (Å²) in [6.45, 7) is 6.51. The van der Waals surface area contributed by atoms with Gasteiger partial charge in [-0.1, -0.05) is 269 Å². The molecule has 3 atom stereocenters. The fraction of sp³-hybridized carbons (Fsp3) is 0.871. The summed E-state index contributed by atoms with van der Waals surface area (Å²) < 4.78 is 5.96. The molecule has 400 valence electrons. The number of amides is 1. The summed E-state index contributed by atoms with van der Waals surface area (Å²) in [6, 6.07) is -0.711. The van der Waals surface area contributed by atoms with Gasteiger partial charge in [0, 0.05) is 6.42 Å². The molecule has 0 bridgehead atoms. The van der Waals surface area contributed by atoms with Crippen molar-refractivity contribution >= 4 is 11.9 Å². The first-order chi connectivity index (χ1) is 33.5. The van der Waals surface area contributed by atoms with Crippen LogP contribution in [0, 0.1) is 0 Å². The molecule has 1 amide bonds. The predicted molar refractivity (Wildman–Crippen MR) is 296 cm³/mol. The van der Waals surface area contributed by atoms with Crippen molar-refractivity contribution in [2.45, 2.75) is 341 Å². The fourth-order valence-electron chi connectivity index (χ4n) is 9.36. The quantitative estimate of drug-likeness (QED) is 0.0244. The number of carbonyl (C=O) groups is 2. The molecule has 6 nitrogen and oxygen atoms in total. The largest absolute Gasteiger partial charge is 0.462 e. The van der Waals surface area contributed by atoms with Crippen LogP contribution in [0.5, 0.6) is 0 Å². The highest BCUT2D eigenvalue weighted by Gasteiger charge is 2.24. The van der Waals surface area contributed by atoms with Crippen LogP contribution in [-0.4, -0.2) is 46.9 Å². The first kappa shape index (κ1) is 66.1. The minimum absolute atomic E-state index is 0.0595. The molecule has 0 saturated heterocycles. The second-order valence-corrected chi connectivity index (χ2v) is 20.8. The molecule has 3 unspecified atom stereocenters. The zero-order valence-corrected chi connectivity index (χ0v) is 45.8. The van der Waals surface area contributed by atoms with E-state index >= 15 is 0 Å². The van der Waals surface area contributed by atoms with Crippen LogP contribution in [-0.2, 0) is 14.3 Å². The van der Waals surface area contributed by atoms with Crippen molar-refractivity contribution in [2.75, 3.05) is 6.61 Å². The zero-order valence-electron chi connectivity index (χ0n) is 45.8. The van der Waals surface area contributed by atoms with E-state index in [9.17, 15) is 19.8 Å². The number of carbonyl (C=O) groups excluding carboxylic acids is 2. The van der Waals surface area contributed by atoms with Gasteiger partial charge in [-0.2, -0.15) is 0 Å². The number of hydrogen-bond acceptors (Lipinski definition) is 5. The summed E-state index contributed by atoms with van der Waals surface area (Å²) in [7, 11) is 0. The van der Waals surface area contributed by atoms with Gasteiger partial charge >= 0.3 is 5.97 Å². The number of rotatable bonds is 55. The van der Waals surface area contributed by atoms with Crippen molar-refractivity contribution in [3.05, 3.63) is 36.5 Å². The third-order valence-corrected chi connectivity index (χ3v) is 14.0. The lowest BCUT2D eigenvalue weighted by Gasteiger charge is -2.24. The minimum Gasteiger partial charge on any atom is -0.462 e. The molecule has 0 heterocycles. The van der Waals surface area contributed by atoms with Crippen LogP contribution < -0.4 is 5.32 Å². The Balaban J connectivity index is 4.58. The maximum Gasteiger partial charge on any atom is 0.306 e. The van der Waals surface area contributed by atoms with Gasteiger partial charge in [0.2, 0.25) is 5.91 Å². The number of allylic oxidation sites excluding steroid dienone is 6. The number of aliphatic hydroxyl groups excluding tert-OH is 2. The van der Waals surface area contributed by atoms with Crippen LogP contribution in [0.1, 0.15) is 323 Å². The number of nitrogens with one attached hydrogen (secondary N) is 1. The lowest BCUT2D eigenvalue weighted by atomic mass is 10.0. The molecule has 68 heavy (non-hydrogen) atoms. The van der Waals surface area contributed by atoms with E-state index in [1.807, 2.05) is 0 Å². The summed E-state index contributed by atoms with van der Waals surface area (Å²) in [6.07, 6.45) is 67.9. The highest BCUT2D eigenvalue weighted by atomic mass is 16.5. The molecule has 0 aromatic carbocycles. The van der Waals surface area contributed by atoms with Crippen molar-refractivity contribution in [1.29, 1.82) is 0 Å². The molecular formula is C62H117NO5. The molecule has 0 aromatic heterocycles. The third kappa shape index (κ3) is 50.5. The second-order valence-electron chi connectivity index (χ2n) is 20.8. The van der Waals surface area contributed by atoms with E-state index in [4.69, 9.17) is 4.74 Å². The van der Waals surface area contributed by atoms with Gasteiger partial charge in [0.05, 0.1) is 25.2 Å². The third-order valence-electron chi connectivity index (χ3n) is 14.0. The van der Waals surface area contributed by atoms with Gasteiger partial charge in [-0.3, -0.25) is 9.59 Å². The predicted octanol–water partition coefficient (Wildman–Crippen LogP) is 18.8. The van der Waals surface area contributed by atoms with Crippen molar-refractivity contribution in [3.63, 3.8) is 0 Å². The Labute approximate surface area is 424 Å². The lowest BCUT2D eigenvalue weighted by molar-refractivity contribution is -0.151. The summed E-state index contributed by atoms with van der Waals surface area (Å²) in [4.78, 5) is 26.3. The standard InChI is InChI=1S/C62H117NO5/c1-4-7-10-13-16-19-22-25-28-30-31-34-37-40-43-46-49-52-55-62(67)68-58(53-50-47-44-41-38-35-33-29-26-23-20-17-14-11-8-5-2)56-61(66)63-59(57-64)60(65)54-51-48-45-42-39-36-32-27-24-21-18-15-12-9-6-3/h29,31,33-35,38,58-60,64-65H,4-28,30,32,36-37,39-57H2,1-3H3,(H,63,66)/b33-29+,34-31+,38-35+. The van der Waals surface area contributed by atoms with Gasteiger partial charge in [0.25, 0.3) is 0 Å². The molecule has 6 heteroatoms. The van der Waals surface area contributed by atoms with Gasteiger partial charge in [0.15, 0.2) is 0 Å². The van der Waals surface area contributed by atoms with E-state index in [-0.39, 0.29) is 24.9 Å². The van der Waals surface area contributed by atoms with Crippen molar-refractivity contribution in [1.82, 2.24) is 5.32 Å². The lowest BCUT2D eigenvalue weighted by Crippen LogP contribution is -2.46. The van der Waals surface area contributed by atoms with Gasteiger partial charge in [0.1, 0.15) is 6.10 Å². The number of esters is 1. The number of unbranched alkanes of at least 4 members (excludes halogenated alkanes) is 38. The van der Waals surface area contributed by atoms with Crippen molar-refractivity contribution < 1.29 is 24.5 Å². The van der Waals surface area contributed by atoms with E-state index in [1.165, 1.54) is 199 Å². The van der Waals surface area contributed by atoms with E-state index in [0.717, 1.165) is 77.0 Å². The van der Waals surface area contributed by atoms with Crippen LogP contribution in [0.25, 0.3) is 0 Å². The fourth-order valence-corrected chi connectivity index (χ4v) is 9.36. The summed E-state index contributed by atoms with van der Waals surface area (Å²) in [5, 5.41) is 23.9. The van der Waals surface area contributed by atoms with E-state index < -0.39 is 18.2 Å². The molecule has 0 aliphatic rings. The topological polar surface area (TPSA) is 95.9 Å². The van der Waals surface area contributed by atoms with Crippen LogP contribution in [0.2, 0.25) is 0 Å². The highest BCUT2D eigenvalue weighted by molar-refractivity contribution is 5.77. The molecule has 0 fully saturated rings. The van der Waals surface area contributed by atoms with Crippen LogP contribution in [0.15, 0.2) is 36.5 Å². The Morgan fingerprint density at radius 3 is 1.15 bits per heavy atom. The zero-order chi connectivity index (χ0) is 49.5. The average molecular weight is 957 g/mol. The summed E-state index contributed by atoms with van der Waals surface area (Å²) >= 11 is 0. The maximum absolute atomic E-state index is 13.3. The van der Waals surface area contributed by atoms with E-state index in [1.54, 1.807) is 0 Å². The first-order valence-electron chi connectivity index (χ1n) is 30.2. The van der Waals surface area contributed by atoms with Gasteiger partial charge in [-0.25, -0.2) is 0 Å². The Hall–Kier alpha value is -1.92. The second kappa shape index (κ2) is 56.0. The Morgan fingerprint density at radius 2 is 0.750 bits per heavy atom. The van der Waals surface area contributed by atoms with Gasteiger partial charge < -0.3 is 20.3 Å². The summed E-state index contributed by atoms with van der Waals surface area (Å²) in [5.41, 5.74) is 0. The van der Waals surface area contributed by atoms with Gasteiger partial charge in [-0.15, -0.1) is 0 Å². The molecule has 0 rings (SSSR count). The summed E-state index contributed by atoms with van der Waals surface area (Å²) in [5.74, 6) is -0.494. The molecule has 0 aromatic rings. The number of ether oxygens (including phenoxy) is 1. The molecule has 3 N–H and O–H groups in total. The van der Waals surface area contributed by atoms with Crippen LogP contribution in [0.3, 0.4) is 0 Å². The smallest absolute Gasteiger partial charge is 0.306 e. The molecule has 0 aliphatic heterocycles. The molecular weight excluding hydrogens is 839 g/mol. The molecule has 0 spiro atoms. The highest BCUT2D eigenvalue weighted by Crippen LogP contribution is 2.18. The number of aliphatic hydroxyl groups is 2. The Bertz CT molecular complexity index is 1120. The van der Waals surface area contributed by atoms with Crippen LogP contribution >= 0.6 is 0 Å².